The molecule has 4 aromatic rings. The molecule has 0 aliphatic rings. The molecule has 36 heavy (non-hydrogen) atoms. The van der Waals surface area contributed by atoms with Crippen LogP contribution in [0.4, 0.5) is 11.4 Å². The summed E-state index contributed by atoms with van der Waals surface area (Å²) in [6.07, 6.45) is 0. The van der Waals surface area contributed by atoms with Gasteiger partial charge < -0.3 is 0 Å². The second-order valence-electron chi connectivity index (χ2n) is 7.48. The van der Waals surface area contributed by atoms with Crippen molar-refractivity contribution in [2.24, 2.45) is 0 Å². The highest BCUT2D eigenvalue weighted by Crippen LogP contribution is 2.37. The zero-order chi connectivity index (χ0) is 26.0. The van der Waals surface area contributed by atoms with Crippen molar-refractivity contribution >= 4 is 52.9 Å². The minimum Gasteiger partial charge on any atom is -0.278 e. The molecule has 8 nitrogen and oxygen atoms in total. The summed E-state index contributed by atoms with van der Waals surface area (Å²) in [5.74, 6) is 0. The highest BCUT2D eigenvalue weighted by atomic mass is 35.5. The Labute approximate surface area is 214 Å². The van der Waals surface area contributed by atoms with E-state index in [4.69, 9.17) is 11.6 Å². The second kappa shape index (κ2) is 9.94. The normalized spacial score (nSPS) is 12.1. The number of sulfone groups is 1. The van der Waals surface area contributed by atoms with E-state index in [2.05, 4.69) is 9.44 Å². The Morgan fingerprint density at radius 1 is 0.500 bits per heavy atom. The lowest BCUT2D eigenvalue weighted by atomic mass is 10.3. The van der Waals surface area contributed by atoms with Crippen LogP contribution in [0.25, 0.3) is 0 Å². The van der Waals surface area contributed by atoms with Crippen LogP contribution in [-0.2, 0) is 29.9 Å². The molecule has 0 aliphatic carbocycles. The van der Waals surface area contributed by atoms with Crippen molar-refractivity contribution in [1.29, 1.82) is 0 Å². The van der Waals surface area contributed by atoms with E-state index in [9.17, 15) is 25.3 Å². The van der Waals surface area contributed by atoms with Crippen molar-refractivity contribution in [1.82, 2.24) is 0 Å². The lowest BCUT2D eigenvalue weighted by molar-refractivity contribution is 0.595. The molecule has 4 aromatic carbocycles. The summed E-state index contributed by atoms with van der Waals surface area (Å²) < 4.78 is 83.2. The predicted molar refractivity (Wildman–Crippen MR) is 138 cm³/mol. The first-order valence-corrected chi connectivity index (χ1v) is 15.1. The molecule has 0 saturated heterocycles. The lowest BCUT2D eigenvalue weighted by Crippen LogP contribution is -2.17. The number of sulfonamides is 2. The Kier molecular flexibility index (Phi) is 7.10. The molecule has 0 amide bonds. The first kappa shape index (κ1) is 25.7. The zero-order valence-electron chi connectivity index (χ0n) is 18.4. The summed E-state index contributed by atoms with van der Waals surface area (Å²) in [7, 11) is -12.6. The maximum absolute atomic E-state index is 13.5. The van der Waals surface area contributed by atoms with E-state index in [0.717, 1.165) is 12.1 Å². The van der Waals surface area contributed by atoms with Gasteiger partial charge in [-0.15, -0.1) is 0 Å². The molecule has 2 N–H and O–H groups in total. The van der Waals surface area contributed by atoms with Crippen LogP contribution >= 0.6 is 11.6 Å². The molecule has 0 aliphatic heterocycles. The van der Waals surface area contributed by atoms with Crippen LogP contribution in [-0.4, -0.2) is 25.3 Å². The first-order chi connectivity index (χ1) is 17.0. The number of hydrogen-bond acceptors (Lipinski definition) is 6. The van der Waals surface area contributed by atoms with E-state index < -0.39 is 34.8 Å². The summed E-state index contributed by atoms with van der Waals surface area (Å²) in [5, 5.41) is -0.215. The van der Waals surface area contributed by atoms with Gasteiger partial charge in [0.05, 0.1) is 36.0 Å². The maximum atomic E-state index is 13.5. The van der Waals surface area contributed by atoms with E-state index in [-0.39, 0.29) is 31.1 Å². The standard InChI is InChI=1S/C24H19ClN2O6S3/c25-21-16-23(27-36(32,33)20-14-8-3-9-15-20)24(34(28,29)18-10-4-1-5-11-18)17-22(21)26-35(30,31)19-12-6-2-7-13-19/h1-17,26-27H. The molecule has 0 aromatic heterocycles. The smallest absolute Gasteiger partial charge is 0.261 e. The van der Waals surface area contributed by atoms with Gasteiger partial charge in [0.15, 0.2) is 0 Å². The lowest BCUT2D eigenvalue weighted by Gasteiger charge is -2.17. The van der Waals surface area contributed by atoms with Crippen molar-refractivity contribution in [3.63, 3.8) is 0 Å². The first-order valence-electron chi connectivity index (χ1n) is 10.3. The molecule has 12 heteroatoms. The fourth-order valence-electron chi connectivity index (χ4n) is 3.27. The quantitative estimate of drug-likeness (QED) is 0.318. The number of rotatable bonds is 8. The maximum Gasteiger partial charge on any atom is 0.261 e. The fraction of sp³-hybridized carbons (Fsp3) is 0. The van der Waals surface area contributed by atoms with Crippen molar-refractivity contribution < 1.29 is 25.3 Å². The van der Waals surface area contributed by atoms with Crippen LogP contribution in [0.1, 0.15) is 0 Å². The number of nitrogens with one attached hydrogen (secondary N) is 2. The second-order valence-corrected chi connectivity index (χ2v) is 13.2. The van der Waals surface area contributed by atoms with Crippen LogP contribution in [0.15, 0.2) is 123 Å². The molecule has 0 saturated carbocycles. The van der Waals surface area contributed by atoms with Crippen molar-refractivity contribution in [2.75, 3.05) is 9.44 Å². The third-order valence-electron chi connectivity index (χ3n) is 5.01. The largest absolute Gasteiger partial charge is 0.278 e. The number of halogens is 1. The van der Waals surface area contributed by atoms with Gasteiger partial charge >= 0.3 is 0 Å². The highest BCUT2D eigenvalue weighted by Gasteiger charge is 2.27. The summed E-state index contributed by atoms with van der Waals surface area (Å²) in [5.41, 5.74) is -0.576. The predicted octanol–water partition coefficient (Wildman–Crippen LogP) is 4.77. The van der Waals surface area contributed by atoms with Crippen LogP contribution < -0.4 is 9.44 Å². The molecule has 186 valence electrons. The van der Waals surface area contributed by atoms with E-state index in [1.807, 2.05) is 0 Å². The van der Waals surface area contributed by atoms with Gasteiger partial charge in [-0.1, -0.05) is 66.2 Å². The summed E-state index contributed by atoms with van der Waals surface area (Å²) in [6, 6.07) is 24.2. The van der Waals surface area contributed by atoms with Crippen LogP contribution in [0.3, 0.4) is 0 Å². The van der Waals surface area contributed by atoms with Gasteiger partial charge in [-0.3, -0.25) is 9.44 Å². The highest BCUT2D eigenvalue weighted by molar-refractivity contribution is 7.93. The average Bonchev–Trinajstić information content (AvgIpc) is 2.87. The van der Waals surface area contributed by atoms with Gasteiger partial charge in [0.1, 0.15) is 0 Å². The topological polar surface area (TPSA) is 126 Å². The molecule has 0 heterocycles. The van der Waals surface area contributed by atoms with Gasteiger partial charge in [-0.05, 0) is 48.5 Å². The Bertz CT molecular complexity index is 1710. The molecule has 0 spiro atoms. The van der Waals surface area contributed by atoms with Crippen molar-refractivity contribution in [2.45, 2.75) is 19.6 Å². The number of benzene rings is 4. The van der Waals surface area contributed by atoms with Crippen molar-refractivity contribution in [3.05, 3.63) is 108 Å². The molecule has 0 radical (unpaired) electrons. The summed E-state index contributed by atoms with van der Waals surface area (Å²) in [4.78, 5) is -0.770. The van der Waals surface area contributed by atoms with Crippen LogP contribution in [0, 0.1) is 0 Å². The Hall–Kier alpha value is -3.38. The van der Waals surface area contributed by atoms with Gasteiger partial charge in [0.2, 0.25) is 9.84 Å². The van der Waals surface area contributed by atoms with E-state index >= 15 is 0 Å². The molecular formula is C24H19ClN2O6S3. The van der Waals surface area contributed by atoms with E-state index in [0.29, 0.717) is 0 Å². The molecule has 0 unspecified atom stereocenters. The number of hydrogen-bond donors (Lipinski definition) is 2. The fourth-order valence-corrected chi connectivity index (χ4v) is 7.22. The van der Waals surface area contributed by atoms with E-state index in [1.165, 1.54) is 72.8 Å². The summed E-state index contributed by atoms with van der Waals surface area (Å²) in [6.45, 7) is 0. The third kappa shape index (κ3) is 5.39. The molecule has 0 bridgehead atoms. The Morgan fingerprint density at radius 2 is 0.889 bits per heavy atom. The van der Waals surface area contributed by atoms with Gasteiger partial charge in [0.25, 0.3) is 20.0 Å². The zero-order valence-corrected chi connectivity index (χ0v) is 21.6. The number of anilines is 2. The van der Waals surface area contributed by atoms with E-state index in [1.54, 1.807) is 18.2 Å². The molecule has 0 atom stereocenters. The Morgan fingerprint density at radius 3 is 1.33 bits per heavy atom. The van der Waals surface area contributed by atoms with Crippen LogP contribution in [0.5, 0.6) is 0 Å². The molecular weight excluding hydrogens is 544 g/mol. The van der Waals surface area contributed by atoms with Crippen LogP contribution in [0.2, 0.25) is 5.02 Å². The minimum atomic E-state index is -4.30. The SMILES string of the molecule is O=S(=O)(Nc1cc(S(=O)(=O)c2ccccc2)c(NS(=O)(=O)c2ccccc2)cc1Cl)c1ccccc1. The average molecular weight is 563 g/mol. The summed E-state index contributed by atoms with van der Waals surface area (Å²) >= 11 is 6.31. The molecule has 0 fully saturated rings. The third-order valence-corrected chi connectivity index (χ3v) is 9.89. The minimum absolute atomic E-state index is 0.0672. The Balaban J connectivity index is 1.87. The van der Waals surface area contributed by atoms with Gasteiger partial charge in [-0.25, -0.2) is 25.3 Å². The molecule has 4 rings (SSSR count). The van der Waals surface area contributed by atoms with Crippen molar-refractivity contribution in [3.8, 4) is 0 Å². The van der Waals surface area contributed by atoms with Gasteiger partial charge in [-0.2, -0.15) is 0 Å². The van der Waals surface area contributed by atoms with Gasteiger partial charge in [0, 0.05) is 0 Å². The monoisotopic (exact) mass is 562 g/mol.